The highest BCUT2D eigenvalue weighted by Gasteiger charge is 2.27. The quantitative estimate of drug-likeness (QED) is 0.745. The summed E-state index contributed by atoms with van der Waals surface area (Å²) in [5.74, 6) is 1.28. The highest BCUT2D eigenvalue weighted by molar-refractivity contribution is 8.00. The standard InChI is InChI=1S/C10H22N2S/c1-9(11-4)7-12-5-6-13-10(2,3)8-12/h9,11H,5-8H2,1-4H3. The van der Waals surface area contributed by atoms with Crippen molar-refractivity contribution in [1.82, 2.24) is 10.2 Å². The van der Waals surface area contributed by atoms with Gasteiger partial charge in [-0.15, -0.1) is 0 Å². The minimum Gasteiger partial charge on any atom is -0.316 e. The van der Waals surface area contributed by atoms with E-state index >= 15 is 0 Å². The number of hydrogen-bond acceptors (Lipinski definition) is 3. The van der Waals surface area contributed by atoms with Gasteiger partial charge in [-0.25, -0.2) is 0 Å². The Morgan fingerprint density at radius 3 is 2.77 bits per heavy atom. The molecule has 1 aliphatic heterocycles. The molecule has 1 rings (SSSR count). The molecule has 0 aromatic heterocycles. The van der Waals surface area contributed by atoms with Crippen molar-refractivity contribution in [2.24, 2.45) is 0 Å². The molecule has 3 heteroatoms. The van der Waals surface area contributed by atoms with E-state index in [1.165, 1.54) is 25.4 Å². The zero-order chi connectivity index (χ0) is 9.90. The van der Waals surface area contributed by atoms with E-state index in [1.807, 2.05) is 7.05 Å². The normalized spacial score (nSPS) is 25.8. The van der Waals surface area contributed by atoms with Crippen LogP contribution in [-0.4, -0.2) is 48.1 Å². The van der Waals surface area contributed by atoms with Gasteiger partial charge in [0, 0.05) is 36.2 Å². The zero-order valence-electron chi connectivity index (χ0n) is 9.26. The molecule has 0 bridgehead atoms. The van der Waals surface area contributed by atoms with Crippen molar-refractivity contribution in [2.45, 2.75) is 31.6 Å². The van der Waals surface area contributed by atoms with Crippen molar-refractivity contribution >= 4 is 11.8 Å². The summed E-state index contributed by atoms with van der Waals surface area (Å²) in [5, 5.41) is 3.29. The van der Waals surface area contributed by atoms with Gasteiger partial charge in [0.25, 0.3) is 0 Å². The van der Waals surface area contributed by atoms with Crippen LogP contribution in [0, 0.1) is 0 Å². The topological polar surface area (TPSA) is 15.3 Å². The van der Waals surface area contributed by atoms with E-state index in [-0.39, 0.29) is 0 Å². The lowest BCUT2D eigenvalue weighted by molar-refractivity contribution is 0.240. The van der Waals surface area contributed by atoms with Crippen LogP contribution in [0.1, 0.15) is 20.8 Å². The first-order valence-electron chi connectivity index (χ1n) is 5.07. The van der Waals surface area contributed by atoms with Crippen LogP contribution >= 0.6 is 11.8 Å². The molecule has 1 heterocycles. The molecule has 1 N–H and O–H groups in total. The third-order valence-electron chi connectivity index (χ3n) is 2.53. The van der Waals surface area contributed by atoms with E-state index in [0.29, 0.717) is 10.8 Å². The maximum Gasteiger partial charge on any atom is 0.0231 e. The molecule has 0 saturated carbocycles. The van der Waals surface area contributed by atoms with E-state index in [4.69, 9.17) is 0 Å². The molecular formula is C10H22N2S. The fourth-order valence-electron chi connectivity index (χ4n) is 1.75. The average Bonchev–Trinajstić information content (AvgIpc) is 2.02. The maximum atomic E-state index is 3.29. The lowest BCUT2D eigenvalue weighted by Gasteiger charge is -2.38. The second-order valence-corrected chi connectivity index (χ2v) is 6.34. The summed E-state index contributed by atoms with van der Waals surface area (Å²) in [6, 6.07) is 0.610. The molecule has 78 valence electrons. The van der Waals surface area contributed by atoms with Crippen molar-refractivity contribution < 1.29 is 0 Å². The molecule has 0 aromatic carbocycles. The van der Waals surface area contributed by atoms with Gasteiger partial charge in [0.15, 0.2) is 0 Å². The molecule has 1 fully saturated rings. The van der Waals surface area contributed by atoms with Crippen LogP contribution in [0.4, 0.5) is 0 Å². The molecule has 1 unspecified atom stereocenters. The van der Waals surface area contributed by atoms with Crippen LogP contribution in [0.15, 0.2) is 0 Å². The van der Waals surface area contributed by atoms with Gasteiger partial charge in [0.2, 0.25) is 0 Å². The molecule has 1 aliphatic rings. The lowest BCUT2D eigenvalue weighted by Crippen LogP contribution is -2.47. The van der Waals surface area contributed by atoms with Crippen LogP contribution in [-0.2, 0) is 0 Å². The second-order valence-electron chi connectivity index (χ2n) is 4.53. The van der Waals surface area contributed by atoms with E-state index < -0.39 is 0 Å². The van der Waals surface area contributed by atoms with E-state index in [1.54, 1.807) is 0 Å². The Labute approximate surface area is 86.5 Å². The van der Waals surface area contributed by atoms with Crippen molar-refractivity contribution in [3.05, 3.63) is 0 Å². The molecule has 13 heavy (non-hydrogen) atoms. The average molecular weight is 202 g/mol. The minimum absolute atomic E-state index is 0.450. The van der Waals surface area contributed by atoms with Gasteiger partial charge in [-0.3, -0.25) is 4.90 Å². The first kappa shape index (κ1) is 11.3. The molecule has 0 spiro atoms. The number of nitrogens with zero attached hydrogens (tertiary/aromatic N) is 1. The smallest absolute Gasteiger partial charge is 0.0231 e. The van der Waals surface area contributed by atoms with Crippen molar-refractivity contribution in [3.63, 3.8) is 0 Å². The Morgan fingerprint density at radius 2 is 2.23 bits per heavy atom. The Hall–Kier alpha value is 0.270. The Kier molecular flexibility index (Phi) is 4.07. The number of thioether (sulfide) groups is 1. The third-order valence-corrected chi connectivity index (χ3v) is 3.83. The summed E-state index contributed by atoms with van der Waals surface area (Å²) in [6.45, 7) is 10.6. The predicted molar refractivity (Wildman–Crippen MR) is 61.5 cm³/mol. The van der Waals surface area contributed by atoms with Gasteiger partial charge in [-0.05, 0) is 27.8 Å². The molecule has 1 saturated heterocycles. The Balaban J connectivity index is 2.34. The Morgan fingerprint density at radius 1 is 1.54 bits per heavy atom. The largest absolute Gasteiger partial charge is 0.316 e. The number of likely N-dealkylation sites (N-methyl/N-ethyl adjacent to an activating group) is 1. The van der Waals surface area contributed by atoms with Crippen molar-refractivity contribution in [1.29, 1.82) is 0 Å². The van der Waals surface area contributed by atoms with E-state index in [9.17, 15) is 0 Å². The van der Waals surface area contributed by atoms with E-state index in [0.717, 1.165) is 0 Å². The summed E-state index contributed by atoms with van der Waals surface area (Å²) in [5.41, 5.74) is 0. The van der Waals surface area contributed by atoms with Gasteiger partial charge in [-0.1, -0.05) is 0 Å². The Bertz CT molecular complexity index is 159. The van der Waals surface area contributed by atoms with Gasteiger partial charge in [0.1, 0.15) is 0 Å². The lowest BCUT2D eigenvalue weighted by atomic mass is 10.1. The van der Waals surface area contributed by atoms with Crippen molar-refractivity contribution in [2.75, 3.05) is 32.4 Å². The predicted octanol–water partition coefficient (Wildman–Crippen LogP) is 1.42. The van der Waals surface area contributed by atoms with Crippen LogP contribution in [0.3, 0.4) is 0 Å². The van der Waals surface area contributed by atoms with Gasteiger partial charge < -0.3 is 5.32 Å². The molecule has 1 atom stereocenters. The molecule has 0 amide bonds. The third kappa shape index (κ3) is 3.88. The fourth-order valence-corrected chi connectivity index (χ4v) is 2.92. The van der Waals surface area contributed by atoms with Gasteiger partial charge >= 0.3 is 0 Å². The second kappa shape index (κ2) is 4.67. The number of hydrogen-bond donors (Lipinski definition) is 1. The zero-order valence-corrected chi connectivity index (χ0v) is 10.1. The summed E-state index contributed by atoms with van der Waals surface area (Å²) in [6.07, 6.45) is 0. The highest BCUT2D eigenvalue weighted by Crippen LogP contribution is 2.29. The molecule has 2 nitrogen and oxygen atoms in total. The van der Waals surface area contributed by atoms with Crippen molar-refractivity contribution in [3.8, 4) is 0 Å². The van der Waals surface area contributed by atoms with Crippen LogP contribution in [0.5, 0.6) is 0 Å². The van der Waals surface area contributed by atoms with Gasteiger partial charge in [0.05, 0.1) is 0 Å². The number of nitrogens with one attached hydrogen (secondary N) is 1. The monoisotopic (exact) mass is 202 g/mol. The molecule has 0 radical (unpaired) electrons. The van der Waals surface area contributed by atoms with E-state index in [2.05, 4.69) is 42.7 Å². The van der Waals surface area contributed by atoms with Gasteiger partial charge in [-0.2, -0.15) is 11.8 Å². The molecule has 0 aliphatic carbocycles. The van der Waals surface area contributed by atoms with Crippen LogP contribution in [0.2, 0.25) is 0 Å². The summed E-state index contributed by atoms with van der Waals surface area (Å²) in [4.78, 5) is 2.57. The molecular weight excluding hydrogens is 180 g/mol. The first-order chi connectivity index (χ1) is 6.03. The highest BCUT2D eigenvalue weighted by atomic mass is 32.2. The van der Waals surface area contributed by atoms with Crippen LogP contribution in [0.25, 0.3) is 0 Å². The summed E-state index contributed by atoms with van der Waals surface area (Å²) >= 11 is 2.10. The maximum absolute atomic E-state index is 3.29. The van der Waals surface area contributed by atoms with Crippen LogP contribution < -0.4 is 5.32 Å². The minimum atomic E-state index is 0.450. The first-order valence-corrected chi connectivity index (χ1v) is 6.05. The number of rotatable bonds is 3. The summed E-state index contributed by atoms with van der Waals surface area (Å²) in [7, 11) is 2.04. The SMILES string of the molecule is CNC(C)CN1CCSC(C)(C)C1. The summed E-state index contributed by atoms with van der Waals surface area (Å²) < 4.78 is 0.450. The fraction of sp³-hybridized carbons (Fsp3) is 1.00. The molecule has 0 aromatic rings.